The number of likely N-dealkylation sites (tertiary alicyclic amines) is 1. The van der Waals surface area contributed by atoms with E-state index < -0.39 is 0 Å². The first-order valence-electron chi connectivity index (χ1n) is 9.82. The molecule has 0 spiro atoms. The van der Waals surface area contributed by atoms with Crippen molar-refractivity contribution in [1.82, 2.24) is 4.90 Å². The molecule has 0 unspecified atom stereocenters. The van der Waals surface area contributed by atoms with Crippen LogP contribution in [0.5, 0.6) is 0 Å². The molecule has 1 aromatic carbocycles. The third-order valence-corrected chi connectivity index (χ3v) is 5.47. The highest BCUT2D eigenvalue weighted by Gasteiger charge is 2.31. The fraction of sp³-hybridized carbons (Fsp3) is 0.619. The number of hydrogen-bond acceptors (Lipinski definition) is 5. The van der Waals surface area contributed by atoms with Gasteiger partial charge in [0, 0.05) is 13.0 Å². The first kappa shape index (κ1) is 19.7. The van der Waals surface area contributed by atoms with E-state index in [1.165, 1.54) is 7.11 Å². The van der Waals surface area contributed by atoms with E-state index in [1.54, 1.807) is 4.90 Å². The molecule has 6 nitrogen and oxygen atoms in total. The van der Waals surface area contributed by atoms with Crippen LogP contribution in [0, 0.1) is 5.92 Å². The van der Waals surface area contributed by atoms with E-state index in [4.69, 9.17) is 14.2 Å². The van der Waals surface area contributed by atoms with Crippen molar-refractivity contribution in [2.24, 2.45) is 5.92 Å². The van der Waals surface area contributed by atoms with Gasteiger partial charge >= 0.3 is 12.1 Å². The third-order valence-electron chi connectivity index (χ3n) is 5.47. The van der Waals surface area contributed by atoms with Crippen molar-refractivity contribution in [2.45, 2.75) is 57.3 Å². The number of ether oxygens (including phenoxy) is 3. The molecule has 6 heteroatoms. The van der Waals surface area contributed by atoms with Gasteiger partial charge in [0.05, 0.1) is 25.9 Å². The zero-order chi connectivity index (χ0) is 19.1. The fourth-order valence-electron chi connectivity index (χ4n) is 3.88. The molecule has 1 amide bonds. The monoisotopic (exact) mass is 375 g/mol. The number of methoxy groups -OCH3 is 1. The van der Waals surface area contributed by atoms with Crippen LogP contribution in [0.25, 0.3) is 0 Å². The van der Waals surface area contributed by atoms with E-state index in [-0.39, 0.29) is 24.3 Å². The van der Waals surface area contributed by atoms with Crippen LogP contribution in [-0.2, 0) is 25.6 Å². The quantitative estimate of drug-likeness (QED) is 0.712. The van der Waals surface area contributed by atoms with E-state index in [9.17, 15) is 9.59 Å². The summed E-state index contributed by atoms with van der Waals surface area (Å²) in [6.07, 6.45) is 5.32. The summed E-state index contributed by atoms with van der Waals surface area (Å²) in [5.41, 5.74) is 0.988. The molecular weight excluding hydrogens is 346 g/mol. The molecule has 148 valence electrons. The van der Waals surface area contributed by atoms with E-state index in [1.807, 2.05) is 30.3 Å². The number of esters is 1. The van der Waals surface area contributed by atoms with Crippen molar-refractivity contribution < 1.29 is 23.8 Å². The number of carbonyl (C=O) groups is 2. The van der Waals surface area contributed by atoms with Gasteiger partial charge in [0.15, 0.2) is 0 Å². The van der Waals surface area contributed by atoms with Gasteiger partial charge in [-0.3, -0.25) is 4.79 Å². The predicted octanol–water partition coefficient (Wildman–Crippen LogP) is 3.54. The molecule has 1 saturated carbocycles. The van der Waals surface area contributed by atoms with Crippen molar-refractivity contribution in [1.29, 1.82) is 0 Å². The lowest BCUT2D eigenvalue weighted by Gasteiger charge is -2.30. The van der Waals surface area contributed by atoms with Crippen LogP contribution in [0.1, 0.15) is 44.1 Å². The molecule has 0 radical (unpaired) electrons. The summed E-state index contributed by atoms with van der Waals surface area (Å²) in [5.74, 6) is 0.283. The van der Waals surface area contributed by atoms with E-state index in [0.717, 1.165) is 37.7 Å². The molecule has 3 rings (SSSR count). The van der Waals surface area contributed by atoms with Gasteiger partial charge in [0.25, 0.3) is 0 Å². The Morgan fingerprint density at radius 2 is 1.78 bits per heavy atom. The molecule has 1 saturated heterocycles. The Hall–Kier alpha value is -2.08. The van der Waals surface area contributed by atoms with Crippen LogP contribution in [0.4, 0.5) is 4.79 Å². The minimum atomic E-state index is -0.272. The van der Waals surface area contributed by atoms with Crippen LogP contribution in [-0.4, -0.2) is 49.4 Å². The average Bonchev–Trinajstić information content (AvgIpc) is 3.17. The summed E-state index contributed by atoms with van der Waals surface area (Å²) in [6, 6.07) is 9.70. The average molecular weight is 375 g/mol. The molecule has 1 aliphatic carbocycles. The van der Waals surface area contributed by atoms with Gasteiger partial charge in [-0.05, 0) is 43.6 Å². The summed E-state index contributed by atoms with van der Waals surface area (Å²) in [4.78, 5) is 25.3. The van der Waals surface area contributed by atoms with Crippen LogP contribution in [0.2, 0.25) is 0 Å². The summed E-state index contributed by atoms with van der Waals surface area (Å²) >= 11 is 0. The van der Waals surface area contributed by atoms with Gasteiger partial charge in [0.2, 0.25) is 0 Å². The van der Waals surface area contributed by atoms with Crippen LogP contribution in [0.15, 0.2) is 30.3 Å². The van der Waals surface area contributed by atoms with Gasteiger partial charge in [-0.25, -0.2) is 4.79 Å². The van der Waals surface area contributed by atoms with Crippen molar-refractivity contribution in [3.05, 3.63) is 35.9 Å². The minimum absolute atomic E-state index is 0.0800. The number of rotatable bonds is 6. The van der Waals surface area contributed by atoms with Crippen LogP contribution >= 0.6 is 0 Å². The zero-order valence-corrected chi connectivity index (χ0v) is 16.0. The van der Waals surface area contributed by atoms with E-state index in [0.29, 0.717) is 32.0 Å². The lowest BCUT2D eigenvalue weighted by Crippen LogP contribution is -2.33. The van der Waals surface area contributed by atoms with E-state index >= 15 is 0 Å². The first-order valence-corrected chi connectivity index (χ1v) is 9.82. The molecule has 1 aromatic rings. The Balaban J connectivity index is 1.35. The van der Waals surface area contributed by atoms with Gasteiger partial charge in [0.1, 0.15) is 6.61 Å². The number of hydrogen-bond donors (Lipinski definition) is 0. The molecule has 2 fully saturated rings. The molecule has 0 N–H and O–H groups in total. The Morgan fingerprint density at radius 1 is 1.04 bits per heavy atom. The van der Waals surface area contributed by atoms with Crippen LogP contribution in [0.3, 0.4) is 0 Å². The Labute approximate surface area is 160 Å². The minimum Gasteiger partial charge on any atom is -0.469 e. The fourth-order valence-corrected chi connectivity index (χ4v) is 3.88. The second-order valence-electron chi connectivity index (χ2n) is 7.46. The molecule has 1 atom stereocenters. The predicted molar refractivity (Wildman–Crippen MR) is 100 cm³/mol. The molecule has 1 aliphatic heterocycles. The maximum Gasteiger partial charge on any atom is 0.410 e. The number of benzene rings is 1. The summed E-state index contributed by atoms with van der Waals surface area (Å²) in [7, 11) is 1.44. The first-order chi connectivity index (χ1) is 13.1. The Bertz CT molecular complexity index is 612. The smallest absolute Gasteiger partial charge is 0.410 e. The topological polar surface area (TPSA) is 65.1 Å². The molecule has 0 bridgehead atoms. The lowest BCUT2D eigenvalue weighted by molar-refractivity contribution is -0.142. The molecule has 0 aromatic heterocycles. The number of amides is 1. The van der Waals surface area contributed by atoms with Gasteiger partial charge in [-0.1, -0.05) is 30.3 Å². The van der Waals surface area contributed by atoms with E-state index in [2.05, 4.69) is 0 Å². The molecule has 2 aliphatic rings. The molecular formula is C21H29NO5. The van der Waals surface area contributed by atoms with Crippen molar-refractivity contribution in [2.75, 3.05) is 20.2 Å². The van der Waals surface area contributed by atoms with Crippen molar-refractivity contribution in [3.63, 3.8) is 0 Å². The Morgan fingerprint density at radius 3 is 2.48 bits per heavy atom. The second kappa shape index (κ2) is 9.74. The Kier molecular flexibility index (Phi) is 7.10. The number of nitrogens with zero attached hydrogens (tertiary/aromatic N) is 1. The summed E-state index contributed by atoms with van der Waals surface area (Å²) < 4.78 is 16.4. The zero-order valence-electron chi connectivity index (χ0n) is 16.0. The number of carbonyl (C=O) groups excluding carboxylic acids is 2. The van der Waals surface area contributed by atoms with Gasteiger partial charge in [-0.15, -0.1) is 0 Å². The van der Waals surface area contributed by atoms with Crippen LogP contribution < -0.4 is 0 Å². The van der Waals surface area contributed by atoms with Gasteiger partial charge < -0.3 is 19.1 Å². The normalized spacial score (nSPS) is 25.2. The van der Waals surface area contributed by atoms with Gasteiger partial charge in [-0.2, -0.15) is 0 Å². The highest BCUT2D eigenvalue weighted by Crippen LogP contribution is 2.30. The molecule has 27 heavy (non-hydrogen) atoms. The van der Waals surface area contributed by atoms with Crippen molar-refractivity contribution in [3.8, 4) is 0 Å². The standard InChI is InChI=1S/C21H29NO5/c1-25-20(23)13-16-7-9-18(10-8-16)27-19-11-12-22(14-19)21(24)26-15-17-5-3-2-4-6-17/h2-6,16,18-19H,7-15H2,1H3/t16-,18+,19-/m0/s1. The summed E-state index contributed by atoms with van der Waals surface area (Å²) in [6.45, 7) is 1.57. The molecule has 1 heterocycles. The summed E-state index contributed by atoms with van der Waals surface area (Å²) in [5, 5.41) is 0. The maximum atomic E-state index is 12.2. The lowest BCUT2D eigenvalue weighted by atomic mass is 9.85. The second-order valence-corrected chi connectivity index (χ2v) is 7.46. The largest absolute Gasteiger partial charge is 0.469 e. The maximum absolute atomic E-state index is 12.2. The third kappa shape index (κ3) is 5.96. The SMILES string of the molecule is COC(=O)C[C@H]1CC[C@@H](O[C@H]2CCN(C(=O)OCc3ccccc3)C2)CC1. The highest BCUT2D eigenvalue weighted by molar-refractivity contribution is 5.69. The highest BCUT2D eigenvalue weighted by atomic mass is 16.6. The van der Waals surface area contributed by atoms with Crippen molar-refractivity contribution >= 4 is 12.1 Å².